The number of aromatic nitrogens is 2. The zero-order valence-electron chi connectivity index (χ0n) is 14.2. The molecule has 23 heavy (non-hydrogen) atoms. The van der Waals surface area contributed by atoms with Crippen molar-refractivity contribution in [2.24, 2.45) is 0 Å². The van der Waals surface area contributed by atoms with Crippen LogP contribution in [0.1, 0.15) is 53.4 Å². The van der Waals surface area contributed by atoms with E-state index in [1.54, 1.807) is 0 Å². The van der Waals surface area contributed by atoms with Crippen LogP contribution in [0.3, 0.4) is 0 Å². The molecule has 1 atom stereocenters. The van der Waals surface area contributed by atoms with E-state index in [4.69, 9.17) is 0 Å². The molecular weight excluding hydrogens is 286 g/mol. The van der Waals surface area contributed by atoms with Crippen molar-refractivity contribution >= 4 is 5.91 Å². The van der Waals surface area contributed by atoms with Crippen molar-refractivity contribution in [3.63, 3.8) is 0 Å². The number of nitrogens with zero attached hydrogens (tertiary/aromatic N) is 2. The van der Waals surface area contributed by atoms with Crippen LogP contribution in [-0.4, -0.2) is 27.5 Å². The van der Waals surface area contributed by atoms with Gasteiger partial charge in [0.1, 0.15) is 0 Å². The van der Waals surface area contributed by atoms with Gasteiger partial charge in [-0.2, -0.15) is 5.10 Å². The van der Waals surface area contributed by atoms with Crippen molar-refractivity contribution in [2.75, 3.05) is 6.54 Å². The van der Waals surface area contributed by atoms with E-state index in [1.807, 2.05) is 13.8 Å². The molecule has 1 amide bonds. The molecule has 0 bridgehead atoms. The van der Waals surface area contributed by atoms with Crippen LogP contribution in [0.15, 0.2) is 24.3 Å². The summed E-state index contributed by atoms with van der Waals surface area (Å²) in [4.78, 5) is 14.8. The molecule has 3 rings (SSSR count). The topological polar surface area (TPSA) is 49.0 Å². The lowest BCUT2D eigenvalue weighted by atomic mass is 10.0. The lowest BCUT2D eigenvalue weighted by Gasteiger charge is -2.25. The first kappa shape index (κ1) is 15.8. The number of hydrogen-bond donors (Lipinski definition) is 1. The van der Waals surface area contributed by atoms with Gasteiger partial charge in [-0.15, -0.1) is 0 Å². The van der Waals surface area contributed by atoms with Crippen LogP contribution in [0.2, 0.25) is 0 Å². The number of amides is 1. The minimum atomic E-state index is 0.245. The van der Waals surface area contributed by atoms with E-state index in [9.17, 15) is 4.79 Å². The van der Waals surface area contributed by atoms with Gasteiger partial charge in [-0.25, -0.2) is 0 Å². The molecular formula is C19H25N3O. The number of aromatic amines is 1. The summed E-state index contributed by atoms with van der Waals surface area (Å²) in [6.07, 6.45) is 3.49. The molecule has 0 saturated carbocycles. The third kappa shape index (κ3) is 3.31. The zero-order chi connectivity index (χ0) is 16.4. The third-order valence-corrected chi connectivity index (χ3v) is 4.90. The Bertz CT molecular complexity index is 668. The summed E-state index contributed by atoms with van der Waals surface area (Å²) >= 11 is 0. The monoisotopic (exact) mass is 311 g/mol. The summed E-state index contributed by atoms with van der Waals surface area (Å²) in [6.45, 7) is 6.98. The fraction of sp³-hybridized carbons (Fsp3) is 0.474. The van der Waals surface area contributed by atoms with Crippen LogP contribution < -0.4 is 0 Å². The fourth-order valence-electron chi connectivity index (χ4n) is 3.52. The largest absolute Gasteiger partial charge is 0.336 e. The summed E-state index contributed by atoms with van der Waals surface area (Å²) < 4.78 is 0. The Labute approximate surface area is 137 Å². The van der Waals surface area contributed by atoms with Crippen LogP contribution >= 0.6 is 0 Å². The number of carbonyl (C=O) groups is 1. The molecule has 122 valence electrons. The summed E-state index contributed by atoms with van der Waals surface area (Å²) in [5.74, 6) is 0.257. The highest BCUT2D eigenvalue weighted by Crippen LogP contribution is 2.32. The van der Waals surface area contributed by atoms with E-state index in [-0.39, 0.29) is 11.9 Å². The number of aryl methyl sites for hydroxylation is 3. The quantitative estimate of drug-likeness (QED) is 0.937. The first-order valence-corrected chi connectivity index (χ1v) is 8.42. The maximum absolute atomic E-state index is 12.7. The molecule has 1 N–H and O–H groups in total. The Morgan fingerprint density at radius 3 is 2.65 bits per heavy atom. The minimum absolute atomic E-state index is 0.245. The Morgan fingerprint density at radius 2 is 2.00 bits per heavy atom. The fourth-order valence-corrected chi connectivity index (χ4v) is 3.52. The number of nitrogens with one attached hydrogen (secondary N) is 1. The Morgan fingerprint density at radius 1 is 1.26 bits per heavy atom. The average molecular weight is 311 g/mol. The second kappa shape index (κ2) is 6.57. The smallest absolute Gasteiger partial charge is 0.223 e. The van der Waals surface area contributed by atoms with E-state index in [1.165, 1.54) is 16.7 Å². The van der Waals surface area contributed by atoms with Gasteiger partial charge in [-0.1, -0.05) is 29.8 Å². The second-order valence-electron chi connectivity index (χ2n) is 6.57. The van der Waals surface area contributed by atoms with Gasteiger partial charge in [-0.05, 0) is 51.2 Å². The van der Waals surface area contributed by atoms with Crippen molar-refractivity contribution in [2.45, 2.75) is 52.5 Å². The van der Waals surface area contributed by atoms with Crippen molar-refractivity contribution in [1.29, 1.82) is 0 Å². The summed E-state index contributed by atoms with van der Waals surface area (Å²) in [7, 11) is 0. The van der Waals surface area contributed by atoms with Crippen LogP contribution in [0.25, 0.3) is 0 Å². The Balaban J connectivity index is 1.67. The Kier molecular flexibility index (Phi) is 4.51. The molecule has 4 nitrogen and oxygen atoms in total. The number of likely N-dealkylation sites (tertiary alicyclic amines) is 1. The maximum Gasteiger partial charge on any atom is 0.223 e. The van der Waals surface area contributed by atoms with Crippen LogP contribution in [0.5, 0.6) is 0 Å². The average Bonchev–Trinajstić information content (AvgIpc) is 3.14. The minimum Gasteiger partial charge on any atom is -0.336 e. The van der Waals surface area contributed by atoms with Crippen LogP contribution in [-0.2, 0) is 11.2 Å². The van der Waals surface area contributed by atoms with Gasteiger partial charge in [0.05, 0.1) is 11.7 Å². The third-order valence-electron chi connectivity index (χ3n) is 4.90. The summed E-state index contributed by atoms with van der Waals surface area (Å²) in [6, 6.07) is 8.84. The van der Waals surface area contributed by atoms with Gasteiger partial charge in [-0.3, -0.25) is 9.89 Å². The van der Waals surface area contributed by atoms with Crippen LogP contribution in [0, 0.1) is 20.8 Å². The molecule has 1 aliphatic heterocycles. The van der Waals surface area contributed by atoms with Gasteiger partial charge in [0.2, 0.25) is 5.91 Å². The van der Waals surface area contributed by atoms with E-state index in [0.717, 1.165) is 37.2 Å². The number of H-pyrrole nitrogens is 1. The molecule has 1 aromatic carbocycles. The van der Waals surface area contributed by atoms with Gasteiger partial charge >= 0.3 is 0 Å². The number of rotatable bonds is 4. The van der Waals surface area contributed by atoms with Crippen molar-refractivity contribution in [1.82, 2.24) is 15.1 Å². The SMILES string of the molecule is Cc1ccc(C2CCCN2C(=O)CCc2c(C)n[nH]c2C)cc1. The highest BCUT2D eigenvalue weighted by molar-refractivity contribution is 5.77. The van der Waals surface area contributed by atoms with Crippen LogP contribution in [0.4, 0.5) is 0 Å². The van der Waals surface area contributed by atoms with E-state index in [2.05, 4.69) is 46.3 Å². The van der Waals surface area contributed by atoms with E-state index < -0.39 is 0 Å². The molecule has 1 fully saturated rings. The molecule has 0 aliphatic carbocycles. The molecule has 4 heteroatoms. The van der Waals surface area contributed by atoms with Gasteiger partial charge in [0.15, 0.2) is 0 Å². The number of benzene rings is 1. The van der Waals surface area contributed by atoms with Crippen molar-refractivity contribution in [3.8, 4) is 0 Å². The van der Waals surface area contributed by atoms with Gasteiger partial charge < -0.3 is 4.90 Å². The maximum atomic E-state index is 12.7. The summed E-state index contributed by atoms with van der Waals surface area (Å²) in [5, 5.41) is 7.21. The van der Waals surface area contributed by atoms with Crippen molar-refractivity contribution in [3.05, 3.63) is 52.3 Å². The van der Waals surface area contributed by atoms with Gasteiger partial charge in [0.25, 0.3) is 0 Å². The summed E-state index contributed by atoms with van der Waals surface area (Å²) in [5.41, 5.74) is 5.79. The lowest BCUT2D eigenvalue weighted by molar-refractivity contribution is -0.132. The molecule has 0 spiro atoms. The lowest BCUT2D eigenvalue weighted by Crippen LogP contribution is -2.30. The first-order chi connectivity index (χ1) is 11.1. The second-order valence-corrected chi connectivity index (χ2v) is 6.57. The van der Waals surface area contributed by atoms with E-state index >= 15 is 0 Å². The highest BCUT2D eigenvalue weighted by atomic mass is 16.2. The first-order valence-electron chi connectivity index (χ1n) is 8.42. The number of hydrogen-bond acceptors (Lipinski definition) is 2. The predicted octanol–water partition coefficient (Wildman–Crippen LogP) is 3.63. The highest BCUT2D eigenvalue weighted by Gasteiger charge is 2.29. The number of carbonyl (C=O) groups excluding carboxylic acids is 1. The Hall–Kier alpha value is -2.10. The molecule has 1 unspecified atom stereocenters. The molecule has 1 saturated heterocycles. The molecule has 2 heterocycles. The zero-order valence-corrected chi connectivity index (χ0v) is 14.2. The standard InChI is InChI=1S/C19H25N3O/c1-13-6-8-16(9-7-13)18-5-4-12-22(18)19(23)11-10-17-14(2)20-21-15(17)3/h6-9,18H,4-5,10-12H2,1-3H3,(H,20,21). The molecule has 1 aliphatic rings. The molecule has 0 radical (unpaired) electrons. The molecule has 1 aromatic heterocycles. The van der Waals surface area contributed by atoms with E-state index in [0.29, 0.717) is 6.42 Å². The normalized spacial score (nSPS) is 17.7. The predicted molar refractivity (Wildman–Crippen MR) is 91.2 cm³/mol. The van der Waals surface area contributed by atoms with Gasteiger partial charge in [0, 0.05) is 18.7 Å². The molecule has 2 aromatic rings. The van der Waals surface area contributed by atoms with Crippen molar-refractivity contribution < 1.29 is 4.79 Å².